The lowest BCUT2D eigenvalue weighted by Crippen LogP contribution is -2.19. The van der Waals surface area contributed by atoms with Gasteiger partial charge >= 0.3 is 6.18 Å². The molecule has 0 saturated carbocycles. The number of aromatic nitrogens is 2. The number of hydrogen-bond donors (Lipinski definition) is 2. The topological polar surface area (TPSA) is 75.2 Å². The Bertz CT molecular complexity index is 669. The Balaban J connectivity index is 2.20. The van der Waals surface area contributed by atoms with Gasteiger partial charge in [0.1, 0.15) is 24.6 Å². The van der Waals surface area contributed by atoms with Crippen LogP contribution in [0, 0.1) is 0 Å². The number of benzene rings is 1. The Labute approximate surface area is 117 Å². The molecule has 2 N–H and O–H groups in total. The zero-order valence-electron chi connectivity index (χ0n) is 10.6. The Morgan fingerprint density at radius 1 is 1.24 bits per heavy atom. The lowest BCUT2D eigenvalue weighted by molar-refractivity contribution is -0.177. The summed E-state index contributed by atoms with van der Waals surface area (Å²) in [7, 11) is 0. The van der Waals surface area contributed by atoms with E-state index < -0.39 is 30.8 Å². The van der Waals surface area contributed by atoms with Crippen LogP contribution in [0.15, 0.2) is 35.1 Å². The molecule has 0 atom stereocenters. The van der Waals surface area contributed by atoms with Crippen molar-refractivity contribution in [3.05, 3.63) is 46.5 Å². The van der Waals surface area contributed by atoms with E-state index in [0.29, 0.717) is 5.56 Å². The molecule has 2 rings (SSSR count). The Hall–Kier alpha value is -2.35. The van der Waals surface area contributed by atoms with E-state index in [-0.39, 0.29) is 11.4 Å². The van der Waals surface area contributed by atoms with Crippen molar-refractivity contribution in [1.82, 2.24) is 9.97 Å². The molecule has 0 spiro atoms. The summed E-state index contributed by atoms with van der Waals surface area (Å²) in [6.45, 7) is -2.02. The predicted molar refractivity (Wildman–Crippen MR) is 67.7 cm³/mol. The minimum atomic E-state index is -4.47. The highest BCUT2D eigenvalue weighted by Crippen LogP contribution is 2.23. The monoisotopic (exact) mass is 300 g/mol. The van der Waals surface area contributed by atoms with Crippen molar-refractivity contribution in [1.29, 1.82) is 0 Å². The molecule has 0 saturated heterocycles. The molecule has 1 aromatic heterocycles. The van der Waals surface area contributed by atoms with Crippen LogP contribution in [0.1, 0.15) is 5.82 Å². The third kappa shape index (κ3) is 4.06. The average molecular weight is 300 g/mol. The molecule has 1 aromatic carbocycles. The Morgan fingerprint density at radius 3 is 2.48 bits per heavy atom. The number of hydrogen-bond acceptors (Lipinski definition) is 4. The maximum atomic E-state index is 11.9. The quantitative estimate of drug-likeness (QED) is 0.908. The molecule has 0 bridgehead atoms. The zero-order chi connectivity index (χ0) is 15.5. The van der Waals surface area contributed by atoms with E-state index in [1.807, 2.05) is 0 Å². The molecule has 0 aliphatic rings. The number of nitrogens with one attached hydrogen (secondary N) is 1. The first-order valence-electron chi connectivity index (χ1n) is 5.89. The number of H-pyrrole nitrogens is 1. The summed E-state index contributed by atoms with van der Waals surface area (Å²) >= 11 is 0. The Morgan fingerprint density at radius 2 is 1.90 bits per heavy atom. The van der Waals surface area contributed by atoms with Gasteiger partial charge in [0.05, 0.1) is 0 Å². The van der Waals surface area contributed by atoms with Crippen LogP contribution >= 0.6 is 0 Å². The smallest absolute Gasteiger partial charge is 0.411 e. The van der Waals surface area contributed by atoms with Crippen molar-refractivity contribution in [3.63, 3.8) is 0 Å². The van der Waals surface area contributed by atoms with Crippen molar-refractivity contribution in [2.75, 3.05) is 6.61 Å². The summed E-state index contributed by atoms with van der Waals surface area (Å²) in [5.74, 6) is -0.739. The third-order valence-electron chi connectivity index (χ3n) is 2.52. The second-order valence-electron chi connectivity index (χ2n) is 4.19. The van der Waals surface area contributed by atoms with Gasteiger partial charge in [-0.05, 0) is 5.56 Å². The largest absolute Gasteiger partial charge is 0.493 e. The molecule has 1 heterocycles. The van der Waals surface area contributed by atoms with E-state index in [4.69, 9.17) is 0 Å². The number of nitrogens with zero attached hydrogens (tertiary/aromatic N) is 1. The van der Waals surface area contributed by atoms with Gasteiger partial charge in [-0.2, -0.15) is 18.2 Å². The molecule has 0 unspecified atom stereocenters. The molecule has 0 aliphatic carbocycles. The number of aromatic amines is 1. The first-order valence-corrected chi connectivity index (χ1v) is 5.89. The van der Waals surface area contributed by atoms with Gasteiger partial charge in [-0.3, -0.25) is 4.79 Å². The van der Waals surface area contributed by atoms with Crippen LogP contribution in [0.25, 0.3) is 11.1 Å². The SMILES string of the molecule is O=c1[nH]c(COCC(F)(F)F)nc(O)c1-c1ccccc1. The molecular weight excluding hydrogens is 289 g/mol. The van der Waals surface area contributed by atoms with Crippen LogP contribution in [-0.4, -0.2) is 27.9 Å². The van der Waals surface area contributed by atoms with Gasteiger partial charge in [0.15, 0.2) is 0 Å². The number of halogens is 3. The first kappa shape index (κ1) is 15.0. The van der Waals surface area contributed by atoms with Crippen LogP contribution < -0.4 is 5.56 Å². The molecule has 0 aliphatic heterocycles. The highest BCUT2D eigenvalue weighted by atomic mass is 19.4. The minimum Gasteiger partial charge on any atom is -0.493 e. The number of rotatable bonds is 4. The summed E-state index contributed by atoms with van der Waals surface area (Å²) in [4.78, 5) is 17.8. The highest BCUT2D eigenvalue weighted by molar-refractivity contribution is 5.66. The van der Waals surface area contributed by atoms with E-state index in [9.17, 15) is 23.1 Å². The van der Waals surface area contributed by atoms with Gasteiger partial charge in [0.25, 0.3) is 5.56 Å². The second-order valence-corrected chi connectivity index (χ2v) is 4.19. The fourth-order valence-electron chi connectivity index (χ4n) is 1.70. The minimum absolute atomic E-state index is 0.0461. The molecule has 0 amide bonds. The standard InChI is InChI=1S/C13H11F3N2O3/c14-13(15,16)7-21-6-9-17-11(19)10(12(20)18-9)8-4-2-1-3-5-8/h1-5H,6-7H2,(H2,17,18,19,20). The molecule has 5 nitrogen and oxygen atoms in total. The summed E-state index contributed by atoms with van der Waals surface area (Å²) in [6, 6.07) is 8.29. The average Bonchev–Trinajstić information content (AvgIpc) is 2.37. The second kappa shape index (κ2) is 5.96. The number of aromatic hydroxyl groups is 1. The van der Waals surface area contributed by atoms with Gasteiger partial charge in [0.2, 0.25) is 5.88 Å². The third-order valence-corrected chi connectivity index (χ3v) is 2.52. The number of alkyl halides is 3. The molecule has 0 fully saturated rings. The fourth-order valence-corrected chi connectivity index (χ4v) is 1.70. The summed E-state index contributed by atoms with van der Waals surface area (Å²) in [5, 5.41) is 9.78. The first-order chi connectivity index (χ1) is 9.87. The normalized spacial score (nSPS) is 11.6. The van der Waals surface area contributed by atoms with Crippen molar-refractivity contribution in [3.8, 4) is 17.0 Å². The van der Waals surface area contributed by atoms with Crippen LogP contribution in [-0.2, 0) is 11.3 Å². The van der Waals surface area contributed by atoms with E-state index in [2.05, 4.69) is 14.7 Å². The molecule has 21 heavy (non-hydrogen) atoms. The van der Waals surface area contributed by atoms with Crippen LogP contribution in [0.3, 0.4) is 0 Å². The van der Waals surface area contributed by atoms with Crippen molar-refractivity contribution in [2.45, 2.75) is 12.8 Å². The van der Waals surface area contributed by atoms with Gasteiger partial charge in [-0.25, -0.2) is 0 Å². The maximum absolute atomic E-state index is 11.9. The summed E-state index contributed by atoms with van der Waals surface area (Å²) < 4.78 is 40.2. The highest BCUT2D eigenvalue weighted by Gasteiger charge is 2.27. The van der Waals surface area contributed by atoms with Crippen LogP contribution in [0.4, 0.5) is 13.2 Å². The predicted octanol–water partition coefficient (Wildman–Crippen LogP) is 2.22. The van der Waals surface area contributed by atoms with E-state index in [1.165, 1.54) is 0 Å². The van der Waals surface area contributed by atoms with Gasteiger partial charge < -0.3 is 14.8 Å². The maximum Gasteiger partial charge on any atom is 0.411 e. The molecule has 112 valence electrons. The Kier molecular flexibility index (Phi) is 4.27. The fraction of sp³-hybridized carbons (Fsp3) is 0.231. The summed E-state index contributed by atoms with van der Waals surface area (Å²) in [5.41, 5.74) is -0.249. The van der Waals surface area contributed by atoms with Gasteiger partial charge in [-0.15, -0.1) is 0 Å². The molecular formula is C13H11F3N2O3. The van der Waals surface area contributed by atoms with E-state index in [1.54, 1.807) is 30.3 Å². The van der Waals surface area contributed by atoms with E-state index in [0.717, 1.165) is 0 Å². The van der Waals surface area contributed by atoms with Gasteiger partial charge in [0, 0.05) is 0 Å². The van der Waals surface area contributed by atoms with Crippen molar-refractivity contribution in [2.24, 2.45) is 0 Å². The zero-order valence-corrected chi connectivity index (χ0v) is 10.6. The van der Waals surface area contributed by atoms with Gasteiger partial charge in [-0.1, -0.05) is 30.3 Å². The van der Waals surface area contributed by atoms with Crippen LogP contribution in [0.5, 0.6) is 5.88 Å². The lowest BCUT2D eigenvalue weighted by atomic mass is 10.1. The van der Waals surface area contributed by atoms with E-state index >= 15 is 0 Å². The molecule has 0 radical (unpaired) electrons. The summed E-state index contributed by atoms with van der Waals surface area (Å²) in [6.07, 6.45) is -4.47. The van der Waals surface area contributed by atoms with Crippen molar-refractivity contribution >= 4 is 0 Å². The molecule has 2 aromatic rings. The van der Waals surface area contributed by atoms with Crippen molar-refractivity contribution < 1.29 is 23.0 Å². The molecule has 8 heteroatoms. The number of ether oxygens (including phenoxy) is 1. The lowest BCUT2D eigenvalue weighted by Gasteiger charge is -2.08. The van der Waals surface area contributed by atoms with Crippen LogP contribution in [0.2, 0.25) is 0 Å².